The molecule has 2 atom stereocenters. The first-order valence-electron chi connectivity index (χ1n) is 12.5. The Morgan fingerprint density at radius 3 is 2.94 bits per heavy atom. The predicted octanol–water partition coefficient (Wildman–Crippen LogP) is 7.52. The highest BCUT2D eigenvalue weighted by Gasteiger charge is 2.28. The number of Topliss-reactive ketones (excluding diaryl/α,β-unsaturated/α-hetero) is 1. The van der Waals surface area contributed by atoms with Gasteiger partial charge in [0.2, 0.25) is 0 Å². The number of allylic oxidation sites excluding steroid dienone is 1. The van der Waals surface area contributed by atoms with E-state index in [0.717, 1.165) is 32.1 Å². The molecule has 3 aliphatic carbocycles. The molecular formula is C29H41NO. The molecule has 168 valence electrons. The molecular weight excluding hydrogens is 378 g/mol. The van der Waals surface area contributed by atoms with Crippen molar-refractivity contribution in [1.82, 2.24) is 4.98 Å². The highest BCUT2D eigenvalue weighted by atomic mass is 16.1. The fourth-order valence-corrected chi connectivity index (χ4v) is 6.22. The highest BCUT2D eigenvalue weighted by molar-refractivity contribution is 5.79. The van der Waals surface area contributed by atoms with Crippen molar-refractivity contribution in [3.8, 4) is 0 Å². The maximum absolute atomic E-state index is 12.9. The summed E-state index contributed by atoms with van der Waals surface area (Å²) in [5.74, 6) is 1.51. The zero-order valence-corrected chi connectivity index (χ0v) is 18.7. The number of benzene rings is 1. The minimum absolute atomic E-state index is 0. The first kappa shape index (κ1) is 20.7. The van der Waals surface area contributed by atoms with Crippen LogP contribution in [0.1, 0.15) is 101 Å². The summed E-state index contributed by atoms with van der Waals surface area (Å²) < 4.78 is 0. The van der Waals surface area contributed by atoms with Gasteiger partial charge in [0.25, 0.3) is 0 Å². The molecule has 1 heterocycles. The van der Waals surface area contributed by atoms with Gasteiger partial charge in [0.15, 0.2) is 0 Å². The zero-order chi connectivity index (χ0) is 21.0. The Labute approximate surface area is 191 Å². The maximum atomic E-state index is 12.9. The van der Waals surface area contributed by atoms with Crippen LogP contribution in [0.15, 0.2) is 36.5 Å². The van der Waals surface area contributed by atoms with Crippen molar-refractivity contribution < 1.29 is 9.07 Å². The van der Waals surface area contributed by atoms with E-state index in [1.807, 2.05) is 6.20 Å². The third kappa shape index (κ3) is 4.68. The SMILES string of the molecule is O=C(CCc1cccc2c1CCCC2)CC1CCCC(c2nccc3c2C=CCC3)C1.[HH].[HH].[HH]. The standard InChI is InChI=1S/C29H35NO.3H2/c31-26(16-15-23-11-6-10-22-8-1-3-13-27(22)23)20-21-7-5-12-25(19-21)29-28-14-4-2-9-24(28)17-18-30-29;;;/h4,6,10-11,14,17-18,21,25H,1-3,5,7-9,12-13,15-16,19-20H2;3*1H. The maximum Gasteiger partial charge on any atom is 0.133 e. The second kappa shape index (κ2) is 9.51. The normalized spacial score (nSPS) is 22.6. The molecule has 0 amide bonds. The molecule has 0 N–H and O–H groups in total. The van der Waals surface area contributed by atoms with Gasteiger partial charge in [0.05, 0.1) is 5.69 Å². The largest absolute Gasteiger partial charge is 0.300 e. The molecule has 0 aliphatic heterocycles. The first-order valence-corrected chi connectivity index (χ1v) is 12.5. The number of hydrogen-bond acceptors (Lipinski definition) is 2. The lowest BCUT2D eigenvalue weighted by Crippen LogP contribution is -2.20. The van der Waals surface area contributed by atoms with Gasteiger partial charge >= 0.3 is 0 Å². The Morgan fingerprint density at radius 1 is 1.03 bits per heavy atom. The Hall–Kier alpha value is -2.22. The van der Waals surface area contributed by atoms with E-state index < -0.39 is 0 Å². The summed E-state index contributed by atoms with van der Waals surface area (Å²) in [4.78, 5) is 17.7. The topological polar surface area (TPSA) is 30.0 Å². The first-order chi connectivity index (χ1) is 15.3. The molecule has 0 saturated heterocycles. The average molecular weight is 420 g/mol. The molecule has 1 aromatic heterocycles. The highest BCUT2D eigenvalue weighted by Crippen LogP contribution is 2.40. The molecule has 0 spiro atoms. The second-order valence-electron chi connectivity index (χ2n) is 9.94. The van der Waals surface area contributed by atoms with Crippen LogP contribution < -0.4 is 0 Å². The third-order valence-electron chi connectivity index (χ3n) is 7.83. The number of hydrogen-bond donors (Lipinski definition) is 0. The van der Waals surface area contributed by atoms with E-state index in [4.69, 9.17) is 4.98 Å². The van der Waals surface area contributed by atoms with Crippen LogP contribution in [0.25, 0.3) is 6.08 Å². The van der Waals surface area contributed by atoms with Gasteiger partial charge in [-0.05, 0) is 104 Å². The number of fused-ring (bicyclic) bond motifs is 2. The lowest BCUT2D eigenvalue weighted by Gasteiger charge is -2.30. The number of carbonyl (C=O) groups is 1. The summed E-state index contributed by atoms with van der Waals surface area (Å²) in [5, 5.41) is 0. The third-order valence-corrected chi connectivity index (χ3v) is 7.83. The van der Waals surface area contributed by atoms with E-state index in [1.54, 1.807) is 5.56 Å². The van der Waals surface area contributed by atoms with Gasteiger partial charge in [-0.15, -0.1) is 0 Å². The Bertz CT molecular complexity index is 987. The van der Waals surface area contributed by atoms with Crippen molar-refractivity contribution >= 4 is 11.9 Å². The van der Waals surface area contributed by atoms with Crippen LogP contribution in [-0.2, 0) is 30.5 Å². The van der Waals surface area contributed by atoms with Crippen LogP contribution in [-0.4, -0.2) is 10.8 Å². The Balaban J connectivity index is 0.00000136. The van der Waals surface area contributed by atoms with Crippen molar-refractivity contribution in [3.05, 3.63) is 70.0 Å². The number of aromatic nitrogens is 1. The summed E-state index contributed by atoms with van der Waals surface area (Å²) in [7, 11) is 0. The smallest absolute Gasteiger partial charge is 0.133 e. The molecule has 0 bridgehead atoms. The number of ketones is 1. The molecule has 0 radical (unpaired) electrons. The molecule has 2 nitrogen and oxygen atoms in total. The molecule has 5 rings (SSSR count). The van der Waals surface area contributed by atoms with Crippen LogP contribution in [0.4, 0.5) is 0 Å². The zero-order valence-electron chi connectivity index (χ0n) is 18.7. The molecule has 3 aliphatic rings. The molecule has 31 heavy (non-hydrogen) atoms. The average Bonchev–Trinajstić information content (AvgIpc) is 2.82. The number of nitrogens with zero attached hydrogens (tertiary/aromatic N) is 1. The van der Waals surface area contributed by atoms with Crippen LogP contribution in [0, 0.1) is 5.92 Å². The Morgan fingerprint density at radius 2 is 1.97 bits per heavy atom. The molecule has 2 heteroatoms. The fraction of sp³-hybridized carbons (Fsp3) is 0.517. The van der Waals surface area contributed by atoms with E-state index in [1.165, 1.54) is 72.9 Å². The van der Waals surface area contributed by atoms with Crippen LogP contribution in [0.2, 0.25) is 0 Å². The van der Waals surface area contributed by atoms with Gasteiger partial charge in [0.1, 0.15) is 5.78 Å². The number of aryl methyl sites for hydroxylation is 3. The summed E-state index contributed by atoms with van der Waals surface area (Å²) in [5.41, 5.74) is 8.63. The van der Waals surface area contributed by atoms with Gasteiger partial charge in [-0.1, -0.05) is 36.8 Å². The van der Waals surface area contributed by atoms with Crippen LogP contribution >= 0.6 is 0 Å². The summed E-state index contributed by atoms with van der Waals surface area (Å²) in [6, 6.07) is 8.92. The molecule has 2 aromatic rings. The number of rotatable bonds is 6. The van der Waals surface area contributed by atoms with E-state index in [0.29, 0.717) is 24.0 Å². The molecule has 1 fully saturated rings. The van der Waals surface area contributed by atoms with Crippen LogP contribution in [0.5, 0.6) is 0 Å². The summed E-state index contributed by atoms with van der Waals surface area (Å²) in [6.07, 6.45) is 21.1. The lowest BCUT2D eigenvalue weighted by atomic mass is 9.75. The Kier molecular flexibility index (Phi) is 6.34. The minimum atomic E-state index is 0. The van der Waals surface area contributed by atoms with Gasteiger partial charge < -0.3 is 0 Å². The monoisotopic (exact) mass is 419 g/mol. The van der Waals surface area contributed by atoms with E-state index in [2.05, 4.69) is 36.4 Å². The van der Waals surface area contributed by atoms with Crippen molar-refractivity contribution in [2.45, 2.75) is 89.4 Å². The molecule has 2 unspecified atom stereocenters. The van der Waals surface area contributed by atoms with Crippen LogP contribution in [0.3, 0.4) is 0 Å². The van der Waals surface area contributed by atoms with Crippen molar-refractivity contribution in [2.24, 2.45) is 5.92 Å². The van der Waals surface area contributed by atoms with Gasteiger partial charge in [0, 0.05) is 29.2 Å². The second-order valence-corrected chi connectivity index (χ2v) is 9.94. The predicted molar refractivity (Wildman–Crippen MR) is 134 cm³/mol. The van der Waals surface area contributed by atoms with Crippen molar-refractivity contribution in [3.63, 3.8) is 0 Å². The van der Waals surface area contributed by atoms with Crippen molar-refractivity contribution in [1.29, 1.82) is 0 Å². The summed E-state index contributed by atoms with van der Waals surface area (Å²) >= 11 is 0. The van der Waals surface area contributed by atoms with E-state index in [9.17, 15) is 4.79 Å². The molecule has 1 saturated carbocycles. The van der Waals surface area contributed by atoms with Gasteiger partial charge in [-0.3, -0.25) is 9.78 Å². The van der Waals surface area contributed by atoms with Gasteiger partial charge in [-0.2, -0.15) is 0 Å². The number of pyridine rings is 1. The van der Waals surface area contributed by atoms with Crippen molar-refractivity contribution in [2.75, 3.05) is 0 Å². The lowest BCUT2D eigenvalue weighted by molar-refractivity contribution is -0.120. The quantitative estimate of drug-likeness (QED) is 0.484. The number of carbonyl (C=O) groups excluding carboxylic acids is 1. The molecule has 1 aromatic carbocycles. The fourth-order valence-electron chi connectivity index (χ4n) is 6.22. The van der Waals surface area contributed by atoms with Gasteiger partial charge in [-0.25, -0.2) is 0 Å². The minimum Gasteiger partial charge on any atom is -0.300 e. The van der Waals surface area contributed by atoms with E-state index in [-0.39, 0.29) is 4.28 Å². The summed E-state index contributed by atoms with van der Waals surface area (Å²) in [6.45, 7) is 0. The van der Waals surface area contributed by atoms with E-state index >= 15 is 0 Å².